The summed E-state index contributed by atoms with van der Waals surface area (Å²) in [5.41, 5.74) is 2.05. The van der Waals surface area contributed by atoms with Gasteiger partial charge in [0.05, 0.1) is 15.5 Å². The average Bonchev–Trinajstić information content (AvgIpc) is 2.93. The standard InChI is InChI=1S/C24H17N3O4S2/c1-16-11-13-17(14-12-16)21-19-9-5-6-10-20(19)33(30,31)24-22(27-21)23(25-15-26-24)32(28,29)18-7-3-2-4-8-18/h2-15H,1H3. The zero-order valence-corrected chi connectivity index (χ0v) is 19.0. The van der Waals surface area contributed by atoms with Gasteiger partial charge in [-0.1, -0.05) is 66.2 Å². The fourth-order valence-corrected chi connectivity index (χ4v) is 6.54. The van der Waals surface area contributed by atoms with Crippen molar-refractivity contribution in [2.75, 3.05) is 0 Å². The third-order valence-electron chi connectivity index (χ3n) is 5.30. The number of sulfone groups is 2. The highest BCUT2D eigenvalue weighted by atomic mass is 32.2. The quantitative estimate of drug-likeness (QED) is 0.366. The normalized spacial score (nSPS) is 14.5. The van der Waals surface area contributed by atoms with Crippen molar-refractivity contribution in [2.24, 2.45) is 4.99 Å². The molecule has 0 unspecified atom stereocenters. The molecule has 0 fully saturated rings. The molecule has 0 saturated carbocycles. The number of benzene rings is 3. The van der Waals surface area contributed by atoms with Gasteiger partial charge in [-0.2, -0.15) is 0 Å². The van der Waals surface area contributed by atoms with Gasteiger partial charge in [-0.3, -0.25) is 0 Å². The van der Waals surface area contributed by atoms with E-state index >= 15 is 0 Å². The summed E-state index contributed by atoms with van der Waals surface area (Å²) in [6, 6.07) is 21.5. The highest BCUT2D eigenvalue weighted by Crippen LogP contribution is 2.39. The molecular formula is C24H17N3O4S2. The molecule has 5 rings (SSSR count). The number of rotatable bonds is 3. The van der Waals surface area contributed by atoms with Gasteiger partial charge in [-0.05, 0) is 25.1 Å². The molecule has 0 bridgehead atoms. The summed E-state index contributed by atoms with van der Waals surface area (Å²) in [5.74, 6) is 0. The summed E-state index contributed by atoms with van der Waals surface area (Å²) < 4.78 is 54.1. The smallest absolute Gasteiger partial charge is 0.226 e. The molecule has 7 nitrogen and oxygen atoms in total. The lowest BCUT2D eigenvalue weighted by Gasteiger charge is -2.09. The molecule has 9 heteroatoms. The van der Waals surface area contributed by atoms with Gasteiger partial charge in [0, 0.05) is 11.1 Å². The largest absolute Gasteiger partial charge is 0.242 e. The Morgan fingerprint density at radius 1 is 0.788 bits per heavy atom. The Morgan fingerprint density at radius 3 is 2.18 bits per heavy atom. The van der Waals surface area contributed by atoms with Crippen molar-refractivity contribution in [2.45, 2.75) is 26.8 Å². The van der Waals surface area contributed by atoms with Gasteiger partial charge in [0.2, 0.25) is 19.7 Å². The maximum absolute atomic E-state index is 13.6. The molecule has 3 aromatic carbocycles. The number of hydrogen-bond donors (Lipinski definition) is 0. The summed E-state index contributed by atoms with van der Waals surface area (Å²) in [5, 5.41) is -0.902. The van der Waals surface area contributed by atoms with E-state index in [1.54, 1.807) is 36.4 Å². The van der Waals surface area contributed by atoms with Gasteiger partial charge in [-0.25, -0.2) is 31.8 Å². The van der Waals surface area contributed by atoms with Gasteiger partial charge in [0.25, 0.3) is 0 Å². The maximum Gasteiger partial charge on any atom is 0.226 e. The molecule has 0 amide bonds. The highest BCUT2D eigenvalue weighted by molar-refractivity contribution is 7.92. The molecule has 1 aliphatic heterocycles. The van der Waals surface area contributed by atoms with Gasteiger partial charge >= 0.3 is 0 Å². The lowest BCUT2D eigenvalue weighted by molar-refractivity contribution is 0.587. The first-order valence-electron chi connectivity index (χ1n) is 9.95. The van der Waals surface area contributed by atoms with Gasteiger partial charge < -0.3 is 0 Å². The molecule has 0 spiro atoms. The first-order valence-corrected chi connectivity index (χ1v) is 12.9. The molecule has 0 saturated heterocycles. The number of aliphatic imine (C=N–C) groups is 1. The second-order valence-electron chi connectivity index (χ2n) is 7.48. The molecule has 0 aliphatic carbocycles. The molecule has 0 N–H and O–H groups in total. The molecule has 0 radical (unpaired) electrons. The summed E-state index contributed by atoms with van der Waals surface area (Å²) in [4.78, 5) is 12.5. The second kappa shape index (κ2) is 7.72. The summed E-state index contributed by atoms with van der Waals surface area (Å²) in [6.07, 6.45) is 0.946. The zero-order chi connectivity index (χ0) is 23.2. The van der Waals surface area contributed by atoms with Crippen LogP contribution < -0.4 is 0 Å². The van der Waals surface area contributed by atoms with E-state index in [9.17, 15) is 16.8 Å². The highest BCUT2D eigenvalue weighted by Gasteiger charge is 2.36. The van der Waals surface area contributed by atoms with Crippen molar-refractivity contribution < 1.29 is 16.8 Å². The lowest BCUT2D eigenvalue weighted by Crippen LogP contribution is -2.11. The van der Waals surface area contributed by atoms with E-state index in [0.29, 0.717) is 16.8 Å². The maximum atomic E-state index is 13.6. The third kappa shape index (κ3) is 3.46. The topological polar surface area (TPSA) is 106 Å². The first-order chi connectivity index (χ1) is 15.8. The Morgan fingerprint density at radius 2 is 1.45 bits per heavy atom. The van der Waals surface area contributed by atoms with E-state index in [2.05, 4.69) is 15.0 Å². The van der Waals surface area contributed by atoms with E-state index in [1.165, 1.54) is 18.2 Å². The minimum atomic E-state index is -4.18. The Hall–Kier alpha value is -3.69. The van der Waals surface area contributed by atoms with E-state index in [4.69, 9.17) is 0 Å². The number of aromatic nitrogens is 2. The van der Waals surface area contributed by atoms with Crippen LogP contribution in [0.5, 0.6) is 0 Å². The monoisotopic (exact) mass is 475 g/mol. The Balaban J connectivity index is 1.89. The fourth-order valence-electron chi connectivity index (χ4n) is 3.65. The van der Waals surface area contributed by atoms with Gasteiger partial charge in [-0.15, -0.1) is 0 Å². The van der Waals surface area contributed by atoms with Crippen LogP contribution in [0.4, 0.5) is 5.69 Å². The van der Waals surface area contributed by atoms with Crippen LogP contribution in [0, 0.1) is 6.92 Å². The molecule has 33 heavy (non-hydrogen) atoms. The van der Waals surface area contributed by atoms with Crippen molar-refractivity contribution >= 4 is 31.1 Å². The van der Waals surface area contributed by atoms with Crippen LogP contribution in [0.25, 0.3) is 0 Å². The van der Waals surface area contributed by atoms with E-state index in [-0.39, 0.29) is 15.5 Å². The molecule has 164 valence electrons. The first kappa shape index (κ1) is 21.2. The van der Waals surface area contributed by atoms with Crippen LogP contribution in [-0.2, 0) is 19.7 Å². The summed E-state index contributed by atoms with van der Waals surface area (Å²) in [6.45, 7) is 1.94. The van der Waals surface area contributed by atoms with Crippen LogP contribution in [0.15, 0.2) is 110 Å². The molecule has 2 heterocycles. The summed E-state index contributed by atoms with van der Waals surface area (Å²) >= 11 is 0. The van der Waals surface area contributed by atoms with Gasteiger partial charge in [0.1, 0.15) is 12.0 Å². The van der Waals surface area contributed by atoms with E-state index < -0.39 is 29.7 Å². The summed E-state index contributed by atoms with van der Waals surface area (Å²) in [7, 11) is -8.35. The van der Waals surface area contributed by atoms with Crippen LogP contribution in [-0.4, -0.2) is 32.5 Å². The van der Waals surface area contributed by atoms with Crippen molar-refractivity contribution in [3.05, 3.63) is 102 Å². The minimum Gasteiger partial charge on any atom is -0.242 e. The van der Waals surface area contributed by atoms with Crippen LogP contribution in [0.2, 0.25) is 0 Å². The van der Waals surface area contributed by atoms with E-state index in [1.807, 2.05) is 31.2 Å². The van der Waals surface area contributed by atoms with Crippen molar-refractivity contribution in [1.82, 2.24) is 9.97 Å². The van der Waals surface area contributed by atoms with Crippen LogP contribution in [0.1, 0.15) is 16.7 Å². The number of nitrogens with zero attached hydrogens (tertiary/aromatic N) is 3. The van der Waals surface area contributed by atoms with Crippen molar-refractivity contribution in [3.8, 4) is 0 Å². The molecule has 4 aromatic rings. The van der Waals surface area contributed by atoms with Gasteiger partial charge in [0.15, 0.2) is 10.1 Å². The predicted octanol–water partition coefficient (Wildman–Crippen LogP) is 3.93. The fraction of sp³-hybridized carbons (Fsp3) is 0.0417. The molecule has 1 aliphatic rings. The number of aryl methyl sites for hydroxylation is 1. The van der Waals surface area contributed by atoms with Crippen molar-refractivity contribution in [3.63, 3.8) is 0 Å². The Kier molecular flexibility index (Phi) is 4.95. The average molecular weight is 476 g/mol. The predicted molar refractivity (Wildman–Crippen MR) is 122 cm³/mol. The van der Waals surface area contributed by atoms with Crippen LogP contribution in [0.3, 0.4) is 0 Å². The minimum absolute atomic E-state index is 0.00448. The Labute approximate surface area is 191 Å². The number of hydrogen-bond acceptors (Lipinski definition) is 7. The van der Waals surface area contributed by atoms with E-state index in [0.717, 1.165) is 11.9 Å². The molecular weight excluding hydrogens is 458 g/mol. The number of fused-ring (bicyclic) bond motifs is 2. The zero-order valence-electron chi connectivity index (χ0n) is 17.4. The molecule has 0 atom stereocenters. The SMILES string of the molecule is Cc1ccc(C2=Nc3c(S(=O)(=O)c4ccccc4)ncnc3S(=O)(=O)c3ccccc32)cc1. The molecule has 1 aromatic heterocycles. The van der Waals surface area contributed by atoms with Crippen LogP contribution >= 0.6 is 0 Å². The Bertz CT molecular complexity index is 1630. The second-order valence-corrected chi connectivity index (χ2v) is 11.2. The van der Waals surface area contributed by atoms with Crippen molar-refractivity contribution in [1.29, 1.82) is 0 Å². The third-order valence-corrected chi connectivity index (χ3v) is 8.74. The lowest BCUT2D eigenvalue weighted by atomic mass is 10.0.